The highest BCUT2D eigenvalue weighted by Gasteiger charge is 2.17. The summed E-state index contributed by atoms with van der Waals surface area (Å²) in [5.74, 6) is 0. The molecule has 96 valence electrons. The van der Waals surface area contributed by atoms with Crippen LogP contribution in [0.15, 0.2) is 51.3 Å². The van der Waals surface area contributed by atoms with Crippen molar-refractivity contribution >= 4 is 22.4 Å². The van der Waals surface area contributed by atoms with E-state index >= 15 is 0 Å². The molecule has 0 aromatic heterocycles. The van der Waals surface area contributed by atoms with E-state index in [1.807, 2.05) is 31.2 Å². The fraction of sp³-hybridized carbons (Fsp3) is 0.333. The molecule has 0 aliphatic heterocycles. The molecule has 0 spiro atoms. The quantitative estimate of drug-likeness (QED) is 0.719. The summed E-state index contributed by atoms with van der Waals surface area (Å²) in [7, 11) is -1.23. The Hall–Kier alpha value is -0.860. The predicted molar refractivity (Wildman–Crippen MR) is 78.1 cm³/mol. The highest BCUT2D eigenvalue weighted by molar-refractivity contribution is 7.90. The largest absolute Gasteiger partial charge is 0.248 e. The third kappa shape index (κ3) is 3.12. The van der Waals surface area contributed by atoms with Crippen molar-refractivity contribution in [3.8, 4) is 0 Å². The van der Waals surface area contributed by atoms with Crippen LogP contribution in [0.2, 0.25) is 0 Å². The Morgan fingerprint density at radius 1 is 1.17 bits per heavy atom. The van der Waals surface area contributed by atoms with Gasteiger partial charge in [-0.2, -0.15) is 0 Å². The first-order valence-electron chi connectivity index (χ1n) is 6.10. The van der Waals surface area contributed by atoms with E-state index in [2.05, 4.69) is 6.58 Å². The van der Waals surface area contributed by atoms with Crippen molar-refractivity contribution < 1.29 is 4.21 Å². The molecule has 1 aromatic rings. The van der Waals surface area contributed by atoms with Crippen LogP contribution in [0, 0.1) is 6.92 Å². The second-order valence-corrected chi connectivity index (χ2v) is 6.73. The molecule has 1 aliphatic rings. The number of rotatable bonds is 2. The molecule has 1 aromatic carbocycles. The Bertz CT molecular complexity index is 502. The van der Waals surface area contributed by atoms with Gasteiger partial charge in [-0.05, 0) is 50.3 Å². The number of hydrogen-bond acceptors (Lipinski definition) is 1. The lowest BCUT2D eigenvalue weighted by atomic mass is 9.93. The number of hydrogen-bond donors (Lipinski definition) is 0. The molecule has 0 N–H and O–H groups in total. The van der Waals surface area contributed by atoms with Crippen LogP contribution in [0.5, 0.6) is 0 Å². The number of benzene rings is 1. The van der Waals surface area contributed by atoms with Crippen molar-refractivity contribution in [3.05, 3.63) is 51.9 Å². The first kappa shape index (κ1) is 13.6. The molecule has 1 aliphatic carbocycles. The number of aryl methyl sites for hydroxylation is 1. The van der Waals surface area contributed by atoms with Crippen molar-refractivity contribution in [1.82, 2.24) is 0 Å². The van der Waals surface area contributed by atoms with Gasteiger partial charge in [0.2, 0.25) is 0 Å². The minimum atomic E-state index is -1.23. The standard InChI is InChI=1S/C15H17ClOS/c1-11-3-7-13(8-4-11)15(16)18(17)14-9-5-12(2)6-10-14/h5-6,9-10H,1,3-4,7-8H2,2H3. The highest BCUT2D eigenvalue weighted by Crippen LogP contribution is 2.33. The Morgan fingerprint density at radius 2 is 1.72 bits per heavy atom. The zero-order chi connectivity index (χ0) is 13.1. The number of allylic oxidation sites excluding steroid dienone is 2. The molecule has 1 nitrogen and oxygen atoms in total. The van der Waals surface area contributed by atoms with E-state index in [-0.39, 0.29) is 0 Å². The Labute approximate surface area is 116 Å². The van der Waals surface area contributed by atoms with Gasteiger partial charge >= 0.3 is 0 Å². The summed E-state index contributed by atoms with van der Waals surface area (Å²) in [6, 6.07) is 7.70. The molecule has 1 unspecified atom stereocenters. The maximum atomic E-state index is 12.3. The van der Waals surface area contributed by atoms with Crippen LogP contribution in [0.3, 0.4) is 0 Å². The fourth-order valence-electron chi connectivity index (χ4n) is 2.00. The normalized spacial score (nSPS) is 17.7. The molecule has 3 heteroatoms. The predicted octanol–water partition coefficient (Wildman–Crippen LogP) is 4.68. The smallest absolute Gasteiger partial charge is 0.109 e. The van der Waals surface area contributed by atoms with Crippen LogP contribution >= 0.6 is 11.6 Å². The zero-order valence-corrected chi connectivity index (χ0v) is 12.1. The van der Waals surface area contributed by atoms with Gasteiger partial charge < -0.3 is 0 Å². The SMILES string of the molecule is C=C1CCC(=C(Cl)S(=O)c2ccc(C)cc2)CC1. The maximum absolute atomic E-state index is 12.3. The Kier molecular flexibility index (Phi) is 4.41. The van der Waals surface area contributed by atoms with Gasteiger partial charge in [0.1, 0.15) is 4.36 Å². The maximum Gasteiger partial charge on any atom is 0.109 e. The monoisotopic (exact) mass is 280 g/mol. The molecule has 0 saturated heterocycles. The third-order valence-electron chi connectivity index (χ3n) is 3.24. The van der Waals surface area contributed by atoms with Gasteiger partial charge in [0.05, 0.1) is 10.8 Å². The van der Waals surface area contributed by atoms with Crippen molar-refractivity contribution in [2.24, 2.45) is 0 Å². The van der Waals surface area contributed by atoms with Gasteiger partial charge in [0, 0.05) is 4.90 Å². The average Bonchev–Trinajstić information content (AvgIpc) is 2.39. The van der Waals surface area contributed by atoms with Gasteiger partial charge in [-0.1, -0.05) is 41.4 Å². The zero-order valence-electron chi connectivity index (χ0n) is 10.5. The molecule has 1 saturated carbocycles. The van der Waals surface area contributed by atoms with Crippen LogP contribution in [-0.2, 0) is 10.8 Å². The minimum Gasteiger partial charge on any atom is -0.248 e. The lowest BCUT2D eigenvalue weighted by Gasteiger charge is -2.17. The Balaban J connectivity index is 2.20. The van der Waals surface area contributed by atoms with Crippen LogP contribution in [-0.4, -0.2) is 4.21 Å². The van der Waals surface area contributed by atoms with E-state index in [0.29, 0.717) is 4.36 Å². The summed E-state index contributed by atoms with van der Waals surface area (Å²) < 4.78 is 12.9. The fourth-order valence-corrected chi connectivity index (χ4v) is 3.51. The van der Waals surface area contributed by atoms with Crippen molar-refractivity contribution in [1.29, 1.82) is 0 Å². The molecule has 18 heavy (non-hydrogen) atoms. The van der Waals surface area contributed by atoms with E-state index in [4.69, 9.17) is 11.6 Å². The van der Waals surface area contributed by atoms with Gasteiger partial charge in [0.25, 0.3) is 0 Å². The summed E-state index contributed by atoms with van der Waals surface area (Å²) in [4.78, 5) is 0.780. The van der Waals surface area contributed by atoms with Gasteiger partial charge in [-0.15, -0.1) is 0 Å². The summed E-state index contributed by atoms with van der Waals surface area (Å²) in [5.41, 5.74) is 3.56. The van der Waals surface area contributed by atoms with E-state index in [1.165, 1.54) is 5.57 Å². The summed E-state index contributed by atoms with van der Waals surface area (Å²) in [6.45, 7) is 5.99. The molecule has 2 rings (SSSR count). The molecule has 0 heterocycles. The minimum absolute atomic E-state index is 0.520. The average molecular weight is 281 g/mol. The van der Waals surface area contributed by atoms with E-state index in [9.17, 15) is 4.21 Å². The van der Waals surface area contributed by atoms with Gasteiger partial charge in [-0.3, -0.25) is 0 Å². The van der Waals surface area contributed by atoms with Crippen LogP contribution in [0.25, 0.3) is 0 Å². The highest BCUT2D eigenvalue weighted by atomic mass is 35.5. The van der Waals surface area contributed by atoms with E-state index in [1.54, 1.807) is 0 Å². The summed E-state index contributed by atoms with van der Waals surface area (Å²) >= 11 is 6.28. The van der Waals surface area contributed by atoms with Crippen molar-refractivity contribution in [2.45, 2.75) is 37.5 Å². The van der Waals surface area contributed by atoms with Gasteiger partial charge in [0.15, 0.2) is 0 Å². The summed E-state index contributed by atoms with van der Waals surface area (Å²) in [5, 5.41) is 0. The lowest BCUT2D eigenvalue weighted by molar-refractivity contribution is 0.685. The molecule has 0 radical (unpaired) electrons. The van der Waals surface area contributed by atoms with Gasteiger partial charge in [-0.25, -0.2) is 4.21 Å². The van der Waals surface area contributed by atoms with Crippen molar-refractivity contribution in [2.75, 3.05) is 0 Å². The molecule has 1 fully saturated rings. The first-order chi connectivity index (χ1) is 8.58. The number of halogens is 1. The topological polar surface area (TPSA) is 17.1 Å². The third-order valence-corrected chi connectivity index (χ3v) is 5.24. The molecule has 1 atom stereocenters. The molecule has 0 amide bonds. The van der Waals surface area contributed by atoms with Crippen LogP contribution in [0.1, 0.15) is 31.2 Å². The molecular formula is C15H17ClOS. The first-order valence-corrected chi connectivity index (χ1v) is 7.63. The van der Waals surface area contributed by atoms with Crippen molar-refractivity contribution in [3.63, 3.8) is 0 Å². The molecular weight excluding hydrogens is 264 g/mol. The molecule has 0 bridgehead atoms. The van der Waals surface area contributed by atoms with Crippen LogP contribution in [0.4, 0.5) is 0 Å². The van der Waals surface area contributed by atoms with Crippen LogP contribution < -0.4 is 0 Å². The Morgan fingerprint density at radius 3 is 2.28 bits per heavy atom. The second kappa shape index (κ2) is 5.85. The van der Waals surface area contributed by atoms with E-state index < -0.39 is 10.8 Å². The second-order valence-electron chi connectivity index (χ2n) is 4.71. The summed E-state index contributed by atoms with van der Waals surface area (Å²) in [6.07, 6.45) is 3.73. The lowest BCUT2D eigenvalue weighted by Crippen LogP contribution is -2.02. The van der Waals surface area contributed by atoms with E-state index in [0.717, 1.165) is 41.7 Å².